The number of carbonyl (C=O) groups excluding carboxylic acids is 2. The van der Waals surface area contributed by atoms with Gasteiger partial charge < -0.3 is 29.0 Å². The summed E-state index contributed by atoms with van der Waals surface area (Å²) >= 11 is 0. The van der Waals surface area contributed by atoms with E-state index in [0.717, 1.165) is 16.5 Å². The molecule has 1 aromatic carbocycles. The first-order valence-corrected chi connectivity index (χ1v) is 11.8. The molecule has 5 rings (SSSR count). The van der Waals surface area contributed by atoms with Crippen molar-refractivity contribution in [2.75, 3.05) is 13.2 Å². The number of benzene rings is 1. The molecule has 0 amide bonds. The number of hydrogen-bond donors (Lipinski definition) is 2. The fourth-order valence-corrected chi connectivity index (χ4v) is 4.99. The molecule has 0 saturated heterocycles. The molecular formula is C26H24N2O9. The summed E-state index contributed by atoms with van der Waals surface area (Å²) in [5.41, 5.74) is 1.73. The van der Waals surface area contributed by atoms with E-state index in [2.05, 4.69) is 0 Å². The van der Waals surface area contributed by atoms with Crippen LogP contribution in [-0.2, 0) is 49.0 Å². The first kappa shape index (κ1) is 24.6. The zero-order valence-electron chi connectivity index (χ0n) is 20.2. The number of carbonyl (C=O) groups is 3. The van der Waals surface area contributed by atoms with Crippen LogP contribution in [0.4, 0.5) is 0 Å². The molecule has 2 N–H and O–H groups in total. The van der Waals surface area contributed by atoms with Crippen molar-refractivity contribution in [2.45, 2.75) is 45.4 Å². The van der Waals surface area contributed by atoms with E-state index in [4.69, 9.17) is 24.3 Å². The van der Waals surface area contributed by atoms with Crippen LogP contribution in [-0.4, -0.2) is 50.9 Å². The highest BCUT2D eigenvalue weighted by molar-refractivity contribution is 5.90. The third kappa shape index (κ3) is 3.96. The minimum atomic E-state index is -1.90. The lowest BCUT2D eigenvalue weighted by molar-refractivity contribution is -0.172. The predicted molar refractivity (Wildman–Crippen MR) is 128 cm³/mol. The second-order valence-corrected chi connectivity index (χ2v) is 8.91. The molecule has 2 aromatic heterocycles. The van der Waals surface area contributed by atoms with Gasteiger partial charge in [-0.05, 0) is 42.7 Å². The third-order valence-corrected chi connectivity index (χ3v) is 6.81. The largest absolute Gasteiger partial charge is 0.480 e. The van der Waals surface area contributed by atoms with Gasteiger partial charge in [-0.25, -0.2) is 19.4 Å². The van der Waals surface area contributed by atoms with Gasteiger partial charge in [0, 0.05) is 16.5 Å². The van der Waals surface area contributed by atoms with E-state index in [1.54, 1.807) is 35.8 Å². The van der Waals surface area contributed by atoms with Gasteiger partial charge >= 0.3 is 17.9 Å². The Morgan fingerprint density at radius 3 is 2.65 bits per heavy atom. The average molecular weight is 508 g/mol. The molecule has 0 bridgehead atoms. The fourth-order valence-electron chi connectivity index (χ4n) is 4.99. The average Bonchev–Trinajstić information content (AvgIpc) is 3.23. The summed E-state index contributed by atoms with van der Waals surface area (Å²) in [6.07, 6.45) is 0.659. The number of carboxylic acids is 1. The van der Waals surface area contributed by atoms with Crippen LogP contribution in [0, 0.1) is 0 Å². The van der Waals surface area contributed by atoms with Gasteiger partial charge in [0.1, 0.15) is 25.6 Å². The molecule has 11 nitrogen and oxygen atoms in total. The number of aryl methyl sites for hydroxylation is 1. The maximum Gasteiger partial charge on any atom is 0.343 e. The molecule has 3 aromatic rings. The number of aliphatic carboxylic acids is 1. The molecule has 11 heteroatoms. The highest BCUT2D eigenvalue weighted by atomic mass is 16.6. The van der Waals surface area contributed by atoms with Crippen molar-refractivity contribution < 1.29 is 38.8 Å². The minimum absolute atomic E-state index is 0.0583. The fraction of sp³-hybridized carbons (Fsp3) is 0.346. The first-order chi connectivity index (χ1) is 17.7. The van der Waals surface area contributed by atoms with Crippen molar-refractivity contribution >= 4 is 28.8 Å². The van der Waals surface area contributed by atoms with Gasteiger partial charge in [0.15, 0.2) is 5.60 Å². The summed E-state index contributed by atoms with van der Waals surface area (Å²) in [7, 11) is 0. The Balaban J connectivity index is 1.57. The smallest absolute Gasteiger partial charge is 0.343 e. The Morgan fingerprint density at radius 1 is 1.16 bits per heavy atom. The molecule has 0 aliphatic carbocycles. The molecule has 0 spiro atoms. The predicted octanol–water partition coefficient (Wildman–Crippen LogP) is 1.65. The van der Waals surface area contributed by atoms with Gasteiger partial charge in [-0.1, -0.05) is 13.8 Å². The maximum absolute atomic E-state index is 13.4. The van der Waals surface area contributed by atoms with Crippen LogP contribution in [0.25, 0.3) is 22.3 Å². The second-order valence-electron chi connectivity index (χ2n) is 8.91. The summed E-state index contributed by atoms with van der Waals surface area (Å²) in [6, 6.07) is 6.60. The van der Waals surface area contributed by atoms with Crippen molar-refractivity contribution in [1.82, 2.24) is 9.55 Å². The highest BCUT2D eigenvalue weighted by Crippen LogP contribution is 2.40. The number of rotatable bonds is 7. The normalized spacial score (nSPS) is 17.6. The summed E-state index contributed by atoms with van der Waals surface area (Å²) in [5, 5.41) is 20.4. The van der Waals surface area contributed by atoms with Crippen molar-refractivity contribution in [2.24, 2.45) is 0 Å². The van der Waals surface area contributed by atoms with Gasteiger partial charge in [0.25, 0.3) is 5.56 Å². The molecule has 37 heavy (non-hydrogen) atoms. The van der Waals surface area contributed by atoms with Gasteiger partial charge in [-0.3, -0.25) is 4.79 Å². The van der Waals surface area contributed by atoms with E-state index < -0.39 is 36.7 Å². The lowest BCUT2D eigenvalue weighted by Crippen LogP contribution is -2.44. The summed E-state index contributed by atoms with van der Waals surface area (Å²) in [5.74, 6) is -2.45. The van der Waals surface area contributed by atoms with E-state index in [1.165, 1.54) is 0 Å². The lowest BCUT2D eigenvalue weighted by Gasteiger charge is -2.31. The van der Waals surface area contributed by atoms with Crippen molar-refractivity contribution in [3.63, 3.8) is 0 Å². The van der Waals surface area contributed by atoms with Gasteiger partial charge in [0.2, 0.25) is 0 Å². The molecule has 1 atom stereocenters. The Kier molecular flexibility index (Phi) is 6.04. The van der Waals surface area contributed by atoms with Gasteiger partial charge in [0.05, 0.1) is 29.0 Å². The molecule has 0 saturated carbocycles. The Bertz CT molecular complexity index is 1540. The van der Waals surface area contributed by atoms with Crippen LogP contribution in [0.1, 0.15) is 42.5 Å². The zero-order chi connectivity index (χ0) is 26.5. The minimum Gasteiger partial charge on any atom is -0.480 e. The van der Waals surface area contributed by atoms with Crippen LogP contribution in [0.2, 0.25) is 0 Å². The number of aromatic nitrogens is 2. The Labute approximate surface area is 210 Å². The van der Waals surface area contributed by atoms with Gasteiger partial charge in [-0.2, -0.15) is 0 Å². The number of esters is 2. The quantitative estimate of drug-likeness (QED) is 0.278. The molecule has 4 heterocycles. The monoisotopic (exact) mass is 508 g/mol. The van der Waals surface area contributed by atoms with Crippen LogP contribution in [0.3, 0.4) is 0 Å². The summed E-state index contributed by atoms with van der Waals surface area (Å²) < 4.78 is 16.8. The third-order valence-electron chi connectivity index (χ3n) is 6.81. The highest BCUT2D eigenvalue weighted by Gasteiger charge is 2.45. The van der Waals surface area contributed by atoms with E-state index in [-0.39, 0.29) is 42.0 Å². The molecule has 192 valence electrons. The van der Waals surface area contributed by atoms with Crippen LogP contribution in [0.15, 0.2) is 29.1 Å². The molecule has 0 fully saturated rings. The number of nitrogens with zero attached hydrogens (tertiary/aromatic N) is 2. The number of pyridine rings is 2. The number of fused-ring (bicyclic) bond motifs is 5. The lowest BCUT2D eigenvalue weighted by atomic mass is 9.86. The summed E-state index contributed by atoms with van der Waals surface area (Å²) in [4.78, 5) is 53.2. The van der Waals surface area contributed by atoms with Gasteiger partial charge in [-0.15, -0.1) is 0 Å². The SMILES string of the molecule is CCc1c2c(nc3ccc(OC(=O)COCC(=O)O)cc13)-c1cc3c(c(=O)n1C2)COC(=O)[C@]3(O)CC. The first-order valence-electron chi connectivity index (χ1n) is 11.8. The summed E-state index contributed by atoms with van der Waals surface area (Å²) in [6.45, 7) is 2.56. The number of ether oxygens (including phenoxy) is 3. The molecule has 0 unspecified atom stereocenters. The number of carboxylic acid groups (broad SMARTS) is 1. The molecule has 0 radical (unpaired) electrons. The van der Waals surface area contributed by atoms with Crippen molar-refractivity contribution in [3.05, 3.63) is 56.9 Å². The van der Waals surface area contributed by atoms with E-state index in [1.807, 2.05) is 6.92 Å². The number of cyclic esters (lactones) is 1. The number of aliphatic hydroxyl groups is 1. The zero-order valence-corrected chi connectivity index (χ0v) is 20.2. The maximum atomic E-state index is 13.4. The van der Waals surface area contributed by atoms with E-state index >= 15 is 0 Å². The number of hydrogen-bond acceptors (Lipinski definition) is 9. The molecule has 2 aliphatic heterocycles. The van der Waals surface area contributed by atoms with Crippen molar-refractivity contribution in [1.29, 1.82) is 0 Å². The van der Waals surface area contributed by atoms with Crippen molar-refractivity contribution in [3.8, 4) is 17.1 Å². The van der Waals surface area contributed by atoms with Crippen LogP contribution < -0.4 is 10.3 Å². The van der Waals surface area contributed by atoms with Crippen LogP contribution >= 0.6 is 0 Å². The standard InChI is InChI=1S/C26H24N2O9/c1-3-14-15-7-13(37-22(31)12-35-11-21(29)30)5-6-19(15)27-23-16(14)9-28-20(23)8-18-17(24(28)32)10-36-25(33)26(18,34)4-2/h5-8,34H,3-4,9-12H2,1-2H3,(H,29,30)/t26-/m0/s1. The topological polar surface area (TPSA) is 154 Å². The van der Waals surface area contributed by atoms with E-state index in [9.17, 15) is 24.3 Å². The Morgan fingerprint density at radius 2 is 1.95 bits per heavy atom. The van der Waals surface area contributed by atoms with Crippen LogP contribution in [0.5, 0.6) is 5.75 Å². The second kappa shape index (κ2) is 9.09. The molecule has 2 aliphatic rings. The Hall–Kier alpha value is -4.09. The molecular weight excluding hydrogens is 484 g/mol. The van der Waals surface area contributed by atoms with E-state index in [0.29, 0.717) is 23.3 Å².